The third-order valence-corrected chi connectivity index (χ3v) is 6.91. The van der Waals surface area contributed by atoms with Crippen LogP contribution in [0.25, 0.3) is 0 Å². The van der Waals surface area contributed by atoms with Crippen molar-refractivity contribution in [2.75, 3.05) is 13.6 Å². The molecule has 0 unspecified atom stereocenters. The average Bonchev–Trinajstić information content (AvgIpc) is 2.90. The molecule has 0 bridgehead atoms. The van der Waals surface area contributed by atoms with Crippen LogP contribution < -0.4 is 10.0 Å². The van der Waals surface area contributed by atoms with Crippen molar-refractivity contribution in [1.29, 1.82) is 0 Å². The summed E-state index contributed by atoms with van der Waals surface area (Å²) in [5, 5.41) is 4.85. The number of rotatable bonds is 7. The van der Waals surface area contributed by atoms with Gasteiger partial charge >= 0.3 is 0 Å². The predicted molar refractivity (Wildman–Crippen MR) is 88.0 cm³/mol. The van der Waals surface area contributed by atoms with Gasteiger partial charge in [0.1, 0.15) is 0 Å². The summed E-state index contributed by atoms with van der Waals surface area (Å²) in [6.07, 6.45) is 6.01. The minimum Gasteiger partial charge on any atom is -0.315 e. The molecule has 2 rings (SSSR count). The maximum Gasteiger partial charge on any atom is 0.241 e. The maximum atomic E-state index is 12.4. The van der Waals surface area contributed by atoms with Crippen LogP contribution in [-0.4, -0.2) is 22.0 Å². The van der Waals surface area contributed by atoms with E-state index in [9.17, 15) is 8.42 Å². The van der Waals surface area contributed by atoms with Crippen LogP contribution in [0.5, 0.6) is 0 Å². The van der Waals surface area contributed by atoms with E-state index in [-0.39, 0.29) is 0 Å². The number of nitrogens with one attached hydrogen (secondary N) is 2. The van der Waals surface area contributed by atoms with Gasteiger partial charge in [-0.3, -0.25) is 0 Å². The minimum absolute atomic E-state index is 0.430. The third kappa shape index (κ3) is 4.77. The Bertz CT molecular complexity index is 532. The van der Waals surface area contributed by atoms with Gasteiger partial charge in [0, 0.05) is 18.0 Å². The van der Waals surface area contributed by atoms with Gasteiger partial charge in [0.25, 0.3) is 0 Å². The van der Waals surface area contributed by atoms with Gasteiger partial charge in [-0.25, -0.2) is 13.1 Å². The standard InChI is InChI=1S/C15H26N2O2S2/c1-12-3-5-13(6-4-12)7-9-17-21(18,19)15-8-10-20-14(15)11-16-2/h8,10,12-13,16-17H,3-7,9,11H2,1-2H3. The molecule has 1 aromatic rings. The summed E-state index contributed by atoms with van der Waals surface area (Å²) < 4.78 is 27.5. The quantitative estimate of drug-likeness (QED) is 0.808. The van der Waals surface area contributed by atoms with Crippen LogP contribution in [0, 0.1) is 11.8 Å². The monoisotopic (exact) mass is 330 g/mol. The molecule has 120 valence electrons. The van der Waals surface area contributed by atoms with Gasteiger partial charge in [-0.15, -0.1) is 11.3 Å². The summed E-state index contributed by atoms with van der Waals surface area (Å²) in [7, 11) is -1.53. The fourth-order valence-electron chi connectivity index (χ4n) is 2.95. The lowest BCUT2D eigenvalue weighted by molar-refractivity contribution is 0.278. The molecule has 0 amide bonds. The summed E-state index contributed by atoms with van der Waals surface area (Å²) in [4.78, 5) is 1.30. The highest BCUT2D eigenvalue weighted by Gasteiger charge is 2.21. The number of hydrogen-bond donors (Lipinski definition) is 2. The molecule has 1 aliphatic rings. The molecule has 0 aliphatic heterocycles. The van der Waals surface area contributed by atoms with Gasteiger partial charge in [0.15, 0.2) is 0 Å². The van der Waals surface area contributed by atoms with Crippen molar-refractivity contribution in [1.82, 2.24) is 10.0 Å². The molecule has 0 atom stereocenters. The van der Waals surface area contributed by atoms with E-state index < -0.39 is 10.0 Å². The molecular weight excluding hydrogens is 304 g/mol. The molecule has 6 heteroatoms. The molecule has 1 fully saturated rings. The van der Waals surface area contributed by atoms with E-state index in [0.29, 0.717) is 23.9 Å². The fourth-order valence-corrected chi connectivity index (χ4v) is 5.45. The minimum atomic E-state index is -3.36. The summed E-state index contributed by atoms with van der Waals surface area (Å²) in [5.74, 6) is 1.52. The summed E-state index contributed by atoms with van der Waals surface area (Å²) in [6, 6.07) is 1.70. The van der Waals surface area contributed by atoms with Crippen LogP contribution in [0.3, 0.4) is 0 Å². The van der Waals surface area contributed by atoms with E-state index >= 15 is 0 Å². The predicted octanol–water partition coefficient (Wildman–Crippen LogP) is 2.96. The van der Waals surface area contributed by atoms with Crippen molar-refractivity contribution in [3.8, 4) is 0 Å². The summed E-state index contributed by atoms with van der Waals surface area (Å²) in [6.45, 7) is 3.45. The first-order valence-corrected chi connectivity index (χ1v) is 10.1. The highest BCUT2D eigenvalue weighted by Crippen LogP contribution is 2.30. The number of hydrogen-bond acceptors (Lipinski definition) is 4. The molecule has 1 aromatic heterocycles. The normalized spacial score (nSPS) is 23.3. The molecule has 1 aliphatic carbocycles. The second-order valence-electron chi connectivity index (χ2n) is 6.05. The fraction of sp³-hybridized carbons (Fsp3) is 0.733. The molecule has 0 radical (unpaired) electrons. The lowest BCUT2D eigenvalue weighted by Gasteiger charge is -2.26. The Morgan fingerprint density at radius 1 is 1.29 bits per heavy atom. The van der Waals surface area contributed by atoms with E-state index in [1.54, 1.807) is 6.07 Å². The van der Waals surface area contributed by atoms with Crippen LogP contribution in [-0.2, 0) is 16.6 Å². The molecule has 0 spiro atoms. The zero-order valence-electron chi connectivity index (χ0n) is 12.9. The zero-order valence-corrected chi connectivity index (χ0v) is 14.5. The first-order chi connectivity index (χ1) is 10.0. The number of thiophene rings is 1. The smallest absolute Gasteiger partial charge is 0.241 e. The lowest BCUT2D eigenvalue weighted by Crippen LogP contribution is -2.27. The highest BCUT2D eigenvalue weighted by molar-refractivity contribution is 7.89. The number of sulfonamides is 1. The molecule has 1 heterocycles. The van der Waals surface area contributed by atoms with E-state index in [4.69, 9.17) is 0 Å². The second kappa shape index (κ2) is 7.72. The van der Waals surface area contributed by atoms with Crippen LogP contribution in [0.1, 0.15) is 43.9 Å². The average molecular weight is 331 g/mol. The molecular formula is C15H26N2O2S2. The van der Waals surface area contributed by atoms with Crippen molar-refractivity contribution in [3.05, 3.63) is 16.3 Å². The van der Waals surface area contributed by atoms with E-state index in [2.05, 4.69) is 17.0 Å². The summed E-state index contributed by atoms with van der Waals surface area (Å²) >= 11 is 1.48. The van der Waals surface area contributed by atoms with Gasteiger partial charge in [0.2, 0.25) is 10.0 Å². The van der Waals surface area contributed by atoms with Gasteiger partial charge in [0.05, 0.1) is 4.90 Å². The maximum absolute atomic E-state index is 12.4. The zero-order chi connectivity index (χ0) is 15.3. The van der Waals surface area contributed by atoms with Crippen LogP contribution >= 0.6 is 11.3 Å². The Morgan fingerprint density at radius 2 is 2.00 bits per heavy atom. The first-order valence-electron chi connectivity index (χ1n) is 7.73. The van der Waals surface area contributed by atoms with Gasteiger partial charge < -0.3 is 5.32 Å². The van der Waals surface area contributed by atoms with Crippen molar-refractivity contribution in [2.24, 2.45) is 11.8 Å². The van der Waals surface area contributed by atoms with E-state index in [1.165, 1.54) is 37.0 Å². The SMILES string of the molecule is CNCc1sccc1S(=O)(=O)NCCC1CCC(C)CC1. The Kier molecular flexibility index (Phi) is 6.22. The van der Waals surface area contributed by atoms with Crippen molar-refractivity contribution in [3.63, 3.8) is 0 Å². The van der Waals surface area contributed by atoms with Crippen molar-refractivity contribution >= 4 is 21.4 Å². The Balaban J connectivity index is 1.85. The van der Waals surface area contributed by atoms with Gasteiger partial charge in [-0.2, -0.15) is 0 Å². The summed E-state index contributed by atoms with van der Waals surface area (Å²) in [5.41, 5.74) is 0. The van der Waals surface area contributed by atoms with Crippen LogP contribution in [0.2, 0.25) is 0 Å². The molecule has 21 heavy (non-hydrogen) atoms. The Hall–Kier alpha value is -0.430. The largest absolute Gasteiger partial charge is 0.315 e. The van der Waals surface area contributed by atoms with E-state index in [0.717, 1.165) is 17.2 Å². The van der Waals surface area contributed by atoms with Crippen LogP contribution in [0.4, 0.5) is 0 Å². The van der Waals surface area contributed by atoms with Gasteiger partial charge in [-0.05, 0) is 36.8 Å². The van der Waals surface area contributed by atoms with Crippen molar-refractivity contribution in [2.45, 2.75) is 50.5 Å². The van der Waals surface area contributed by atoms with E-state index in [1.807, 2.05) is 12.4 Å². The van der Waals surface area contributed by atoms with Gasteiger partial charge in [-0.1, -0.05) is 32.6 Å². The molecule has 2 N–H and O–H groups in total. The first kappa shape index (κ1) is 16.9. The van der Waals surface area contributed by atoms with Crippen LogP contribution in [0.15, 0.2) is 16.3 Å². The molecule has 1 saturated carbocycles. The molecule has 0 saturated heterocycles. The second-order valence-corrected chi connectivity index (χ2v) is 8.79. The molecule has 0 aromatic carbocycles. The topological polar surface area (TPSA) is 58.2 Å². The Morgan fingerprint density at radius 3 is 2.67 bits per heavy atom. The lowest BCUT2D eigenvalue weighted by atomic mass is 9.81. The molecule has 4 nitrogen and oxygen atoms in total. The van der Waals surface area contributed by atoms with Crippen molar-refractivity contribution < 1.29 is 8.42 Å². The Labute approximate surface area is 132 Å². The third-order valence-electron chi connectivity index (χ3n) is 4.31. The highest BCUT2D eigenvalue weighted by atomic mass is 32.2.